The lowest BCUT2D eigenvalue weighted by Crippen LogP contribution is -1.74. The first kappa shape index (κ1) is 7.63. The van der Waals surface area contributed by atoms with Gasteiger partial charge in [0.2, 0.25) is 0 Å². The molecule has 0 fully saturated rings. The van der Waals surface area contributed by atoms with Gasteiger partial charge in [-0.3, -0.25) is 5.10 Å². The van der Waals surface area contributed by atoms with E-state index in [-0.39, 0.29) is 0 Å². The standard InChI is InChI=1S/C11H8N2/c1-2-4-10(5-3-1)6-7-11-8-9-12-13-11/h1-5,8-9H,(H,12,13). The molecule has 1 aromatic heterocycles. The van der Waals surface area contributed by atoms with Crippen molar-refractivity contribution in [3.05, 3.63) is 53.9 Å². The van der Waals surface area contributed by atoms with Crippen LogP contribution in [0.3, 0.4) is 0 Å². The molecular formula is C11H8N2. The van der Waals surface area contributed by atoms with E-state index >= 15 is 0 Å². The fourth-order valence-electron chi connectivity index (χ4n) is 0.986. The lowest BCUT2D eigenvalue weighted by atomic mass is 10.2. The average molecular weight is 168 g/mol. The van der Waals surface area contributed by atoms with E-state index in [1.807, 2.05) is 36.4 Å². The molecule has 1 aromatic carbocycles. The van der Waals surface area contributed by atoms with Crippen molar-refractivity contribution in [3.63, 3.8) is 0 Å². The van der Waals surface area contributed by atoms with Crippen molar-refractivity contribution >= 4 is 0 Å². The molecule has 0 saturated carbocycles. The molecule has 0 amide bonds. The van der Waals surface area contributed by atoms with Gasteiger partial charge in [-0.1, -0.05) is 24.1 Å². The summed E-state index contributed by atoms with van der Waals surface area (Å²) in [6, 6.07) is 11.7. The van der Waals surface area contributed by atoms with Gasteiger partial charge in [0.1, 0.15) is 5.69 Å². The molecule has 13 heavy (non-hydrogen) atoms. The summed E-state index contributed by atoms with van der Waals surface area (Å²) in [6.45, 7) is 0. The van der Waals surface area contributed by atoms with Gasteiger partial charge in [0.15, 0.2) is 0 Å². The molecule has 0 bridgehead atoms. The molecule has 1 N–H and O–H groups in total. The lowest BCUT2D eigenvalue weighted by molar-refractivity contribution is 1.08. The zero-order valence-corrected chi connectivity index (χ0v) is 6.99. The van der Waals surface area contributed by atoms with Gasteiger partial charge < -0.3 is 0 Å². The van der Waals surface area contributed by atoms with Crippen LogP contribution in [0.1, 0.15) is 11.3 Å². The SMILES string of the molecule is C(#Cc1ccn[nH]1)c1ccccc1. The van der Waals surface area contributed by atoms with Crippen LogP contribution in [0, 0.1) is 11.8 Å². The van der Waals surface area contributed by atoms with Crippen LogP contribution < -0.4 is 0 Å². The summed E-state index contributed by atoms with van der Waals surface area (Å²) < 4.78 is 0. The molecular weight excluding hydrogens is 160 g/mol. The number of rotatable bonds is 0. The average Bonchev–Trinajstić information content (AvgIpc) is 2.69. The van der Waals surface area contributed by atoms with Crippen LogP contribution in [0.5, 0.6) is 0 Å². The second-order valence-corrected chi connectivity index (χ2v) is 2.59. The molecule has 2 nitrogen and oxygen atoms in total. The minimum absolute atomic E-state index is 0.837. The van der Waals surface area contributed by atoms with Crippen LogP contribution in [-0.2, 0) is 0 Å². The van der Waals surface area contributed by atoms with Crippen LogP contribution in [0.15, 0.2) is 42.6 Å². The third-order valence-corrected chi connectivity index (χ3v) is 1.62. The molecule has 0 unspecified atom stereocenters. The minimum Gasteiger partial charge on any atom is -0.270 e. The predicted molar refractivity (Wildman–Crippen MR) is 51.0 cm³/mol. The van der Waals surface area contributed by atoms with E-state index in [0.717, 1.165) is 11.3 Å². The smallest absolute Gasteiger partial charge is 0.108 e. The van der Waals surface area contributed by atoms with Gasteiger partial charge in [-0.05, 0) is 24.1 Å². The Morgan fingerprint density at radius 1 is 1.00 bits per heavy atom. The van der Waals surface area contributed by atoms with Gasteiger partial charge in [-0.15, -0.1) is 0 Å². The van der Waals surface area contributed by atoms with E-state index in [9.17, 15) is 0 Å². The van der Waals surface area contributed by atoms with Gasteiger partial charge in [0.25, 0.3) is 0 Å². The van der Waals surface area contributed by atoms with E-state index in [1.165, 1.54) is 0 Å². The molecule has 2 heteroatoms. The fraction of sp³-hybridized carbons (Fsp3) is 0. The number of hydrogen-bond donors (Lipinski definition) is 1. The summed E-state index contributed by atoms with van der Waals surface area (Å²) in [6.07, 6.45) is 1.69. The van der Waals surface area contributed by atoms with E-state index in [4.69, 9.17) is 0 Å². The summed E-state index contributed by atoms with van der Waals surface area (Å²) in [5.74, 6) is 6.00. The summed E-state index contributed by atoms with van der Waals surface area (Å²) in [4.78, 5) is 0. The second kappa shape index (κ2) is 3.59. The van der Waals surface area contributed by atoms with Crippen molar-refractivity contribution in [2.75, 3.05) is 0 Å². The van der Waals surface area contributed by atoms with Crippen LogP contribution in [0.25, 0.3) is 0 Å². The van der Waals surface area contributed by atoms with Crippen molar-refractivity contribution in [3.8, 4) is 11.8 Å². The molecule has 0 aliphatic heterocycles. The van der Waals surface area contributed by atoms with Gasteiger partial charge in [-0.2, -0.15) is 5.10 Å². The van der Waals surface area contributed by atoms with Gasteiger partial charge in [0.05, 0.1) is 0 Å². The number of hydrogen-bond acceptors (Lipinski definition) is 1. The molecule has 0 aliphatic rings. The number of nitrogens with one attached hydrogen (secondary N) is 1. The zero-order valence-electron chi connectivity index (χ0n) is 6.99. The highest BCUT2D eigenvalue weighted by Crippen LogP contribution is 1.96. The molecule has 2 aromatic rings. The van der Waals surface area contributed by atoms with Crippen molar-refractivity contribution in [2.24, 2.45) is 0 Å². The third kappa shape index (κ3) is 1.97. The van der Waals surface area contributed by atoms with Crippen molar-refractivity contribution < 1.29 is 0 Å². The maximum Gasteiger partial charge on any atom is 0.108 e. The van der Waals surface area contributed by atoms with Crippen LogP contribution in [0.2, 0.25) is 0 Å². The summed E-state index contributed by atoms with van der Waals surface area (Å²) in [7, 11) is 0. The highest BCUT2D eigenvalue weighted by atomic mass is 15.1. The van der Waals surface area contributed by atoms with Crippen LogP contribution in [-0.4, -0.2) is 10.2 Å². The van der Waals surface area contributed by atoms with Gasteiger partial charge in [0, 0.05) is 11.8 Å². The quantitative estimate of drug-likeness (QED) is 0.597. The van der Waals surface area contributed by atoms with E-state index in [0.29, 0.717) is 0 Å². The summed E-state index contributed by atoms with van der Waals surface area (Å²) >= 11 is 0. The zero-order chi connectivity index (χ0) is 8.93. The molecule has 62 valence electrons. The van der Waals surface area contributed by atoms with E-state index < -0.39 is 0 Å². The highest BCUT2D eigenvalue weighted by molar-refractivity contribution is 5.39. The molecule has 0 aliphatic carbocycles. The van der Waals surface area contributed by atoms with E-state index in [2.05, 4.69) is 22.0 Å². The lowest BCUT2D eigenvalue weighted by Gasteiger charge is -1.85. The minimum atomic E-state index is 0.837. The Morgan fingerprint density at radius 2 is 1.85 bits per heavy atom. The monoisotopic (exact) mass is 168 g/mol. The topological polar surface area (TPSA) is 28.7 Å². The fourth-order valence-corrected chi connectivity index (χ4v) is 0.986. The summed E-state index contributed by atoms with van der Waals surface area (Å²) in [5, 5.41) is 6.59. The number of aromatic nitrogens is 2. The van der Waals surface area contributed by atoms with Crippen LogP contribution >= 0.6 is 0 Å². The normalized spacial score (nSPS) is 8.92. The van der Waals surface area contributed by atoms with Crippen molar-refractivity contribution in [2.45, 2.75) is 0 Å². The third-order valence-electron chi connectivity index (χ3n) is 1.62. The number of benzene rings is 1. The molecule has 0 spiro atoms. The Kier molecular flexibility index (Phi) is 2.11. The molecule has 0 saturated heterocycles. The molecule has 1 heterocycles. The Balaban J connectivity index is 2.23. The summed E-state index contributed by atoms with van der Waals surface area (Å²) in [5.41, 5.74) is 1.85. The Bertz CT molecular complexity index is 418. The molecule has 0 radical (unpaired) electrons. The van der Waals surface area contributed by atoms with Gasteiger partial charge >= 0.3 is 0 Å². The first-order chi connectivity index (χ1) is 6.45. The van der Waals surface area contributed by atoms with Crippen molar-refractivity contribution in [1.82, 2.24) is 10.2 Å². The number of H-pyrrole nitrogens is 1. The van der Waals surface area contributed by atoms with Crippen molar-refractivity contribution in [1.29, 1.82) is 0 Å². The number of nitrogens with zero attached hydrogens (tertiary/aromatic N) is 1. The Labute approximate surface area is 76.6 Å². The largest absolute Gasteiger partial charge is 0.270 e. The second-order valence-electron chi connectivity index (χ2n) is 2.59. The molecule has 2 rings (SSSR count). The molecule has 0 atom stereocenters. The Hall–Kier alpha value is -2.01. The maximum atomic E-state index is 3.81. The van der Waals surface area contributed by atoms with Crippen LogP contribution in [0.4, 0.5) is 0 Å². The Morgan fingerprint density at radius 3 is 2.54 bits per heavy atom. The predicted octanol–water partition coefficient (Wildman–Crippen LogP) is 1.81. The number of aromatic amines is 1. The first-order valence-electron chi connectivity index (χ1n) is 4.01. The first-order valence-corrected chi connectivity index (χ1v) is 4.01. The van der Waals surface area contributed by atoms with E-state index in [1.54, 1.807) is 6.20 Å². The highest BCUT2D eigenvalue weighted by Gasteiger charge is 1.84. The van der Waals surface area contributed by atoms with Gasteiger partial charge in [-0.25, -0.2) is 0 Å². The maximum absolute atomic E-state index is 3.81.